The second-order valence-electron chi connectivity index (χ2n) is 10.1. The average molecular weight is 623 g/mol. The molecule has 0 aromatic heterocycles. The predicted octanol–water partition coefficient (Wildman–Crippen LogP) is 6.22. The molecule has 0 aliphatic carbocycles. The fourth-order valence-corrected chi connectivity index (χ4v) is 5.83. The van der Waals surface area contributed by atoms with Gasteiger partial charge in [-0.2, -0.15) is 0 Å². The van der Waals surface area contributed by atoms with Gasteiger partial charge in [-0.05, 0) is 67.3 Å². The van der Waals surface area contributed by atoms with E-state index in [0.29, 0.717) is 12.1 Å². The van der Waals surface area contributed by atoms with Crippen LogP contribution < -0.4 is 9.62 Å². The number of anilines is 1. The lowest BCUT2D eigenvalue weighted by Crippen LogP contribution is -2.52. The molecular formula is C30H34Cl2FN3O4S. The molecule has 0 saturated heterocycles. The van der Waals surface area contributed by atoms with Gasteiger partial charge in [0.15, 0.2) is 0 Å². The van der Waals surface area contributed by atoms with Gasteiger partial charge in [0.05, 0.1) is 20.6 Å². The van der Waals surface area contributed by atoms with Crippen LogP contribution >= 0.6 is 23.2 Å². The van der Waals surface area contributed by atoms with Crippen molar-refractivity contribution < 1.29 is 22.4 Å². The molecular weight excluding hydrogens is 588 g/mol. The molecule has 0 unspecified atom stereocenters. The van der Waals surface area contributed by atoms with E-state index in [4.69, 9.17) is 23.2 Å². The molecule has 1 atom stereocenters. The summed E-state index contributed by atoms with van der Waals surface area (Å²) in [6.07, 6.45) is 0.272. The molecule has 2 amide bonds. The molecule has 11 heteroatoms. The maximum atomic E-state index is 14.0. The molecule has 3 aromatic rings. The summed E-state index contributed by atoms with van der Waals surface area (Å²) in [6.45, 7) is 7.26. The first-order valence-electron chi connectivity index (χ1n) is 13.2. The number of sulfonamides is 1. The monoisotopic (exact) mass is 621 g/mol. The van der Waals surface area contributed by atoms with Crippen molar-refractivity contribution >= 4 is 50.7 Å². The van der Waals surface area contributed by atoms with Crippen LogP contribution in [0.4, 0.5) is 10.1 Å². The number of rotatable bonds is 12. The van der Waals surface area contributed by atoms with Gasteiger partial charge in [-0.15, -0.1) is 0 Å². The molecule has 0 aliphatic heterocycles. The highest BCUT2D eigenvalue weighted by Gasteiger charge is 2.34. The number of carbonyl (C=O) groups excluding carboxylic acids is 2. The zero-order chi connectivity index (χ0) is 30.3. The van der Waals surface area contributed by atoms with E-state index in [0.717, 1.165) is 9.87 Å². The average Bonchev–Trinajstić information content (AvgIpc) is 2.93. The molecule has 0 bridgehead atoms. The standard InChI is InChI=1S/C30H34Cl2FN3O4S/c1-5-28(30(38)34-17-20(2)3)35(18-22-8-10-23(33)11-9-22)29(37)19-36(24-12-15-26(31)27(32)16-24)41(39,40)25-13-6-21(4)7-14-25/h6-16,20,28H,5,17-19H2,1-4H3,(H,34,38)/t28-/m0/s1. The number of benzene rings is 3. The highest BCUT2D eigenvalue weighted by molar-refractivity contribution is 7.92. The van der Waals surface area contributed by atoms with E-state index < -0.39 is 34.3 Å². The van der Waals surface area contributed by atoms with E-state index in [9.17, 15) is 22.4 Å². The normalized spacial score (nSPS) is 12.2. The van der Waals surface area contributed by atoms with Crippen molar-refractivity contribution in [1.82, 2.24) is 10.2 Å². The van der Waals surface area contributed by atoms with E-state index >= 15 is 0 Å². The van der Waals surface area contributed by atoms with Gasteiger partial charge in [0.2, 0.25) is 11.8 Å². The van der Waals surface area contributed by atoms with E-state index in [1.54, 1.807) is 19.1 Å². The molecule has 0 radical (unpaired) electrons. The van der Waals surface area contributed by atoms with Gasteiger partial charge < -0.3 is 10.2 Å². The molecule has 3 aromatic carbocycles. The number of hydrogen-bond donors (Lipinski definition) is 1. The number of aryl methyl sites for hydroxylation is 1. The van der Waals surface area contributed by atoms with Crippen LogP contribution in [0, 0.1) is 18.7 Å². The molecule has 1 N–H and O–H groups in total. The smallest absolute Gasteiger partial charge is 0.264 e. The third-order valence-corrected chi connectivity index (χ3v) is 8.94. The van der Waals surface area contributed by atoms with Crippen molar-refractivity contribution in [2.45, 2.75) is 51.6 Å². The minimum atomic E-state index is -4.25. The highest BCUT2D eigenvalue weighted by Crippen LogP contribution is 2.31. The molecule has 41 heavy (non-hydrogen) atoms. The fraction of sp³-hybridized carbons (Fsp3) is 0.333. The molecule has 7 nitrogen and oxygen atoms in total. The summed E-state index contributed by atoms with van der Waals surface area (Å²) in [5.41, 5.74) is 1.58. The summed E-state index contributed by atoms with van der Waals surface area (Å²) < 4.78 is 42.4. The summed E-state index contributed by atoms with van der Waals surface area (Å²) >= 11 is 12.3. The van der Waals surface area contributed by atoms with Crippen molar-refractivity contribution in [3.8, 4) is 0 Å². The van der Waals surface area contributed by atoms with Gasteiger partial charge >= 0.3 is 0 Å². The van der Waals surface area contributed by atoms with Crippen LogP contribution in [0.5, 0.6) is 0 Å². The van der Waals surface area contributed by atoms with Crippen LogP contribution in [0.1, 0.15) is 38.3 Å². The Morgan fingerprint density at radius 1 is 0.951 bits per heavy atom. The zero-order valence-corrected chi connectivity index (χ0v) is 25.7. The lowest BCUT2D eigenvalue weighted by Gasteiger charge is -2.33. The van der Waals surface area contributed by atoms with Gasteiger partial charge in [-0.3, -0.25) is 13.9 Å². The number of nitrogens with one attached hydrogen (secondary N) is 1. The molecule has 220 valence electrons. The van der Waals surface area contributed by atoms with Crippen molar-refractivity contribution in [2.75, 3.05) is 17.4 Å². The number of hydrogen-bond acceptors (Lipinski definition) is 4. The first-order chi connectivity index (χ1) is 19.3. The fourth-order valence-electron chi connectivity index (χ4n) is 4.13. The van der Waals surface area contributed by atoms with Crippen molar-refractivity contribution in [2.24, 2.45) is 5.92 Å². The Morgan fingerprint density at radius 3 is 2.15 bits per heavy atom. The number of amides is 2. The number of carbonyl (C=O) groups is 2. The Balaban J connectivity index is 2.06. The second-order valence-corrected chi connectivity index (χ2v) is 12.8. The van der Waals surface area contributed by atoms with Crippen molar-refractivity contribution in [3.63, 3.8) is 0 Å². The molecule has 0 heterocycles. The third kappa shape index (κ3) is 8.44. The maximum Gasteiger partial charge on any atom is 0.264 e. The minimum Gasteiger partial charge on any atom is -0.354 e. The summed E-state index contributed by atoms with van der Waals surface area (Å²) in [4.78, 5) is 28.6. The van der Waals surface area contributed by atoms with Gasteiger partial charge in [-0.1, -0.05) is 73.8 Å². The number of nitrogens with zero attached hydrogens (tertiary/aromatic N) is 2. The van der Waals surface area contributed by atoms with Crippen LogP contribution in [-0.4, -0.2) is 44.3 Å². The van der Waals surface area contributed by atoms with Gasteiger partial charge in [0.1, 0.15) is 18.4 Å². The largest absolute Gasteiger partial charge is 0.354 e. The van der Waals surface area contributed by atoms with E-state index in [1.165, 1.54) is 59.5 Å². The molecule has 0 spiro atoms. The zero-order valence-electron chi connectivity index (χ0n) is 23.4. The Bertz CT molecular complexity index is 1470. The first-order valence-corrected chi connectivity index (χ1v) is 15.4. The summed E-state index contributed by atoms with van der Waals surface area (Å²) in [5, 5.41) is 3.20. The Kier molecular flexibility index (Phi) is 11.2. The van der Waals surface area contributed by atoms with Crippen LogP contribution in [0.2, 0.25) is 10.0 Å². The third-order valence-electron chi connectivity index (χ3n) is 6.42. The molecule has 3 rings (SSSR count). The Labute approximate surface area is 251 Å². The van der Waals surface area contributed by atoms with Gasteiger partial charge in [0, 0.05) is 13.1 Å². The Hall–Kier alpha value is -3.14. The molecule has 0 aliphatic rings. The SMILES string of the molecule is CC[C@@H](C(=O)NCC(C)C)N(Cc1ccc(F)cc1)C(=O)CN(c1ccc(Cl)c(Cl)c1)S(=O)(=O)c1ccc(C)cc1. The second kappa shape index (κ2) is 14.2. The molecule has 0 fully saturated rings. The summed E-state index contributed by atoms with van der Waals surface area (Å²) in [6, 6.07) is 15.2. The van der Waals surface area contributed by atoms with Crippen LogP contribution in [0.3, 0.4) is 0 Å². The van der Waals surface area contributed by atoms with Crippen LogP contribution in [0.25, 0.3) is 0 Å². The van der Waals surface area contributed by atoms with E-state index in [1.807, 2.05) is 20.8 Å². The predicted molar refractivity (Wildman–Crippen MR) is 161 cm³/mol. The van der Waals surface area contributed by atoms with Crippen molar-refractivity contribution in [3.05, 3.63) is 93.7 Å². The van der Waals surface area contributed by atoms with Gasteiger partial charge in [0.25, 0.3) is 10.0 Å². The summed E-state index contributed by atoms with van der Waals surface area (Å²) in [7, 11) is -4.25. The van der Waals surface area contributed by atoms with E-state index in [2.05, 4.69) is 5.32 Å². The minimum absolute atomic E-state index is 0.0197. The lowest BCUT2D eigenvalue weighted by molar-refractivity contribution is -0.140. The summed E-state index contributed by atoms with van der Waals surface area (Å²) in [5.74, 6) is -1.24. The highest BCUT2D eigenvalue weighted by atomic mass is 35.5. The first kappa shape index (κ1) is 32.4. The maximum absolute atomic E-state index is 14.0. The van der Waals surface area contributed by atoms with Crippen molar-refractivity contribution in [1.29, 1.82) is 0 Å². The molecule has 0 saturated carbocycles. The van der Waals surface area contributed by atoms with Crippen LogP contribution in [-0.2, 0) is 26.2 Å². The van der Waals surface area contributed by atoms with E-state index in [-0.39, 0.29) is 45.4 Å². The van der Waals surface area contributed by atoms with Gasteiger partial charge in [-0.25, -0.2) is 12.8 Å². The van der Waals surface area contributed by atoms with Crippen LogP contribution in [0.15, 0.2) is 71.6 Å². The quantitative estimate of drug-likeness (QED) is 0.260. The lowest BCUT2D eigenvalue weighted by atomic mass is 10.1. The number of halogens is 3. The topological polar surface area (TPSA) is 86.8 Å². The Morgan fingerprint density at radius 2 is 1.59 bits per heavy atom.